The molecule has 2 aromatic carbocycles. The van der Waals surface area contributed by atoms with E-state index in [1.54, 1.807) is 0 Å². The van der Waals surface area contributed by atoms with Gasteiger partial charge in [0.1, 0.15) is 0 Å². The number of aromatic nitrogens is 1. The van der Waals surface area contributed by atoms with Crippen molar-refractivity contribution in [2.75, 3.05) is 24.7 Å². The van der Waals surface area contributed by atoms with Gasteiger partial charge in [0.25, 0.3) is 0 Å². The molecule has 2 N–H and O–H groups in total. The lowest BCUT2D eigenvalue weighted by Crippen LogP contribution is -2.08. The first kappa shape index (κ1) is 10.8. The molecule has 3 nitrogen and oxygen atoms in total. The van der Waals surface area contributed by atoms with Crippen molar-refractivity contribution in [1.29, 1.82) is 0 Å². The number of benzene rings is 2. The van der Waals surface area contributed by atoms with Crippen LogP contribution in [0.15, 0.2) is 42.5 Å². The number of hydrogen-bond donors (Lipinski definition) is 1. The quantitative estimate of drug-likeness (QED) is 0.522. The Morgan fingerprint density at radius 2 is 1.72 bits per heavy atom. The number of nitrogens with two attached hydrogens (primary N) is 1. The molecular formula is C15H15N3. The van der Waals surface area contributed by atoms with E-state index in [4.69, 9.17) is 5.73 Å². The number of pyridine rings is 1. The van der Waals surface area contributed by atoms with E-state index in [0.717, 1.165) is 27.5 Å². The Hall–Kier alpha value is -2.29. The van der Waals surface area contributed by atoms with Crippen molar-refractivity contribution >= 4 is 33.2 Å². The maximum absolute atomic E-state index is 5.79. The molecule has 0 radical (unpaired) electrons. The molecule has 0 amide bonds. The molecule has 0 saturated carbocycles. The molecular weight excluding hydrogens is 222 g/mol. The van der Waals surface area contributed by atoms with Crippen LogP contribution in [0.1, 0.15) is 0 Å². The van der Waals surface area contributed by atoms with Gasteiger partial charge in [-0.3, -0.25) is 0 Å². The second-order valence-electron chi connectivity index (χ2n) is 4.71. The first-order chi connectivity index (χ1) is 8.63. The normalized spacial score (nSPS) is 11.0. The highest BCUT2D eigenvalue weighted by Crippen LogP contribution is 2.24. The summed E-state index contributed by atoms with van der Waals surface area (Å²) in [5, 5.41) is 2.27. The van der Waals surface area contributed by atoms with E-state index in [1.807, 2.05) is 38.4 Å². The summed E-state index contributed by atoms with van der Waals surface area (Å²) in [4.78, 5) is 6.73. The van der Waals surface area contributed by atoms with E-state index in [0.29, 0.717) is 0 Å². The topological polar surface area (TPSA) is 42.2 Å². The average Bonchev–Trinajstić information content (AvgIpc) is 2.35. The molecule has 3 heteroatoms. The highest BCUT2D eigenvalue weighted by molar-refractivity contribution is 5.95. The van der Waals surface area contributed by atoms with Gasteiger partial charge in [0.15, 0.2) is 0 Å². The number of rotatable bonds is 1. The zero-order valence-corrected chi connectivity index (χ0v) is 10.5. The van der Waals surface area contributed by atoms with Crippen molar-refractivity contribution < 1.29 is 0 Å². The van der Waals surface area contributed by atoms with Gasteiger partial charge in [0.2, 0.25) is 0 Å². The zero-order chi connectivity index (χ0) is 12.7. The SMILES string of the molecule is CN(C)c1ccc2nc3cc(N)ccc3cc2c1. The van der Waals surface area contributed by atoms with Gasteiger partial charge in [-0.05, 0) is 36.4 Å². The molecule has 0 unspecified atom stereocenters. The van der Waals surface area contributed by atoms with Crippen LogP contribution >= 0.6 is 0 Å². The Morgan fingerprint density at radius 1 is 0.889 bits per heavy atom. The average molecular weight is 237 g/mol. The molecule has 0 aliphatic carbocycles. The number of hydrogen-bond acceptors (Lipinski definition) is 3. The first-order valence-corrected chi connectivity index (χ1v) is 5.91. The van der Waals surface area contributed by atoms with Crippen LogP contribution in [0.5, 0.6) is 0 Å². The monoisotopic (exact) mass is 237 g/mol. The Kier molecular flexibility index (Phi) is 2.33. The van der Waals surface area contributed by atoms with Gasteiger partial charge >= 0.3 is 0 Å². The van der Waals surface area contributed by atoms with E-state index in [-0.39, 0.29) is 0 Å². The van der Waals surface area contributed by atoms with Crippen LogP contribution < -0.4 is 10.6 Å². The second kappa shape index (κ2) is 3.88. The fourth-order valence-corrected chi connectivity index (χ4v) is 2.11. The van der Waals surface area contributed by atoms with Crippen molar-refractivity contribution in [2.24, 2.45) is 0 Å². The lowest BCUT2D eigenvalue weighted by atomic mass is 10.1. The standard InChI is InChI=1S/C15H15N3/c1-18(2)13-5-6-14-11(8-13)7-10-3-4-12(16)9-15(10)17-14/h3-9H,16H2,1-2H3. The summed E-state index contributed by atoms with van der Waals surface area (Å²) >= 11 is 0. The summed E-state index contributed by atoms with van der Waals surface area (Å²) in [6, 6.07) is 14.3. The van der Waals surface area contributed by atoms with Crippen molar-refractivity contribution in [1.82, 2.24) is 4.98 Å². The summed E-state index contributed by atoms with van der Waals surface area (Å²) in [6.45, 7) is 0. The molecule has 0 spiro atoms. The van der Waals surface area contributed by atoms with Gasteiger partial charge in [0.05, 0.1) is 11.0 Å². The summed E-state index contributed by atoms with van der Waals surface area (Å²) in [5.41, 5.74) is 9.66. The largest absolute Gasteiger partial charge is 0.399 e. The lowest BCUT2D eigenvalue weighted by Gasteiger charge is -2.13. The fraction of sp³-hybridized carbons (Fsp3) is 0.133. The Morgan fingerprint density at radius 3 is 2.50 bits per heavy atom. The van der Waals surface area contributed by atoms with Gasteiger partial charge in [0, 0.05) is 36.2 Å². The zero-order valence-electron chi connectivity index (χ0n) is 10.5. The predicted octanol–water partition coefficient (Wildman–Crippen LogP) is 3.04. The van der Waals surface area contributed by atoms with E-state index in [2.05, 4.69) is 28.1 Å². The molecule has 90 valence electrons. The van der Waals surface area contributed by atoms with E-state index < -0.39 is 0 Å². The molecule has 3 aromatic rings. The molecule has 1 heterocycles. The number of nitrogen functional groups attached to an aromatic ring is 1. The third-order valence-corrected chi connectivity index (χ3v) is 3.13. The van der Waals surface area contributed by atoms with Crippen molar-refractivity contribution in [3.8, 4) is 0 Å². The van der Waals surface area contributed by atoms with Gasteiger partial charge in [-0.1, -0.05) is 6.07 Å². The molecule has 1 aromatic heterocycles. The van der Waals surface area contributed by atoms with Gasteiger partial charge in [-0.25, -0.2) is 4.98 Å². The summed E-state index contributed by atoms with van der Waals surface area (Å²) < 4.78 is 0. The summed E-state index contributed by atoms with van der Waals surface area (Å²) in [6.07, 6.45) is 0. The maximum atomic E-state index is 5.79. The van der Waals surface area contributed by atoms with E-state index in [9.17, 15) is 0 Å². The van der Waals surface area contributed by atoms with Crippen molar-refractivity contribution in [3.63, 3.8) is 0 Å². The molecule has 3 rings (SSSR count). The van der Waals surface area contributed by atoms with E-state index in [1.165, 1.54) is 5.69 Å². The van der Waals surface area contributed by atoms with Crippen molar-refractivity contribution in [2.45, 2.75) is 0 Å². The van der Waals surface area contributed by atoms with Gasteiger partial charge in [-0.15, -0.1) is 0 Å². The van der Waals surface area contributed by atoms with E-state index >= 15 is 0 Å². The molecule has 18 heavy (non-hydrogen) atoms. The molecule has 0 aliphatic rings. The van der Waals surface area contributed by atoms with Crippen molar-refractivity contribution in [3.05, 3.63) is 42.5 Å². The van der Waals surface area contributed by atoms with Crippen LogP contribution in [-0.4, -0.2) is 19.1 Å². The minimum atomic E-state index is 0.749. The molecule has 0 atom stereocenters. The number of fused-ring (bicyclic) bond motifs is 2. The summed E-state index contributed by atoms with van der Waals surface area (Å²) in [7, 11) is 4.08. The third-order valence-electron chi connectivity index (χ3n) is 3.13. The molecule has 0 aliphatic heterocycles. The minimum Gasteiger partial charge on any atom is -0.399 e. The number of anilines is 2. The fourth-order valence-electron chi connectivity index (χ4n) is 2.11. The highest BCUT2D eigenvalue weighted by Gasteiger charge is 2.02. The van der Waals surface area contributed by atoms with Crippen LogP contribution in [0.2, 0.25) is 0 Å². The molecule has 0 bridgehead atoms. The first-order valence-electron chi connectivity index (χ1n) is 5.91. The van der Waals surface area contributed by atoms with Crippen LogP contribution in [-0.2, 0) is 0 Å². The van der Waals surface area contributed by atoms with Crippen LogP contribution in [0.25, 0.3) is 21.8 Å². The smallest absolute Gasteiger partial charge is 0.0730 e. The lowest BCUT2D eigenvalue weighted by molar-refractivity contribution is 1.13. The predicted molar refractivity (Wildman–Crippen MR) is 78.0 cm³/mol. The maximum Gasteiger partial charge on any atom is 0.0730 e. The van der Waals surface area contributed by atoms with Crippen LogP contribution in [0, 0.1) is 0 Å². The Balaban J connectivity index is 2.31. The third kappa shape index (κ3) is 1.74. The Labute approximate surface area is 106 Å². The van der Waals surface area contributed by atoms with Crippen LogP contribution in [0.4, 0.5) is 11.4 Å². The molecule has 0 fully saturated rings. The Bertz CT molecular complexity index is 732. The van der Waals surface area contributed by atoms with Gasteiger partial charge < -0.3 is 10.6 Å². The number of nitrogens with zero attached hydrogens (tertiary/aromatic N) is 2. The molecule has 0 saturated heterocycles. The highest BCUT2D eigenvalue weighted by atomic mass is 15.1. The summed E-state index contributed by atoms with van der Waals surface area (Å²) in [5.74, 6) is 0. The minimum absolute atomic E-state index is 0.749. The van der Waals surface area contributed by atoms with Gasteiger partial charge in [-0.2, -0.15) is 0 Å². The van der Waals surface area contributed by atoms with Crippen LogP contribution in [0.3, 0.4) is 0 Å². The second-order valence-corrected chi connectivity index (χ2v) is 4.71.